The molecule has 1 heteroatoms. The third-order valence-electron chi connectivity index (χ3n) is 2.95. The van der Waals surface area contributed by atoms with E-state index in [4.69, 9.17) is 0 Å². The van der Waals surface area contributed by atoms with E-state index < -0.39 is 0 Å². The summed E-state index contributed by atoms with van der Waals surface area (Å²) in [6.07, 6.45) is 6.56. The van der Waals surface area contributed by atoms with Crippen molar-refractivity contribution in [2.75, 3.05) is 0 Å². The fraction of sp³-hybridized carbons (Fsp3) is 0.571. The van der Waals surface area contributed by atoms with Crippen LogP contribution in [0.2, 0.25) is 0 Å². The maximum Gasteiger partial charge on any atom is 0.115 e. The zero-order chi connectivity index (χ0) is 11.1. The average Bonchev–Trinajstić information content (AvgIpc) is 2.25. The van der Waals surface area contributed by atoms with Crippen LogP contribution in [0.4, 0.5) is 0 Å². The molecule has 0 aliphatic carbocycles. The van der Waals surface area contributed by atoms with Crippen LogP contribution in [0.25, 0.3) is 0 Å². The highest BCUT2D eigenvalue weighted by Crippen LogP contribution is 2.23. The summed E-state index contributed by atoms with van der Waals surface area (Å²) in [6, 6.07) is 7.61. The lowest BCUT2D eigenvalue weighted by Crippen LogP contribution is -1.93. The highest BCUT2D eigenvalue weighted by atomic mass is 16.3. The molecule has 0 aliphatic heterocycles. The van der Waals surface area contributed by atoms with Crippen molar-refractivity contribution < 1.29 is 5.11 Å². The van der Waals surface area contributed by atoms with Crippen LogP contribution in [-0.4, -0.2) is 5.11 Å². The smallest absolute Gasteiger partial charge is 0.115 e. The van der Waals surface area contributed by atoms with E-state index in [2.05, 4.69) is 13.8 Å². The number of unbranched alkanes of at least 4 members (excludes halogenated alkanes) is 3. The van der Waals surface area contributed by atoms with Gasteiger partial charge in [-0.15, -0.1) is 0 Å². The largest absolute Gasteiger partial charge is 0.508 e. The minimum absolute atomic E-state index is 0.358. The monoisotopic (exact) mass is 206 g/mol. The molecule has 1 unspecified atom stereocenters. The van der Waals surface area contributed by atoms with Crippen molar-refractivity contribution in [3.63, 3.8) is 0 Å². The molecule has 0 aromatic heterocycles. The first-order chi connectivity index (χ1) is 7.24. The van der Waals surface area contributed by atoms with Gasteiger partial charge < -0.3 is 5.11 Å². The summed E-state index contributed by atoms with van der Waals surface area (Å²) in [4.78, 5) is 0. The molecule has 0 aliphatic rings. The van der Waals surface area contributed by atoms with Gasteiger partial charge in [0.05, 0.1) is 0 Å². The van der Waals surface area contributed by atoms with Gasteiger partial charge in [-0.25, -0.2) is 0 Å². The molecule has 0 spiro atoms. The lowest BCUT2D eigenvalue weighted by molar-refractivity contribution is 0.474. The Labute approximate surface area is 93.1 Å². The molecule has 0 bridgehead atoms. The van der Waals surface area contributed by atoms with Crippen molar-refractivity contribution in [2.45, 2.75) is 51.9 Å². The van der Waals surface area contributed by atoms with Gasteiger partial charge in [-0.1, -0.05) is 51.7 Å². The molecule has 0 saturated carbocycles. The number of phenolic OH excluding ortho intramolecular Hbond substituents is 1. The zero-order valence-corrected chi connectivity index (χ0v) is 9.87. The standard InChI is InChI=1S/C14H22O/c1-3-4-5-6-7-12(2)13-8-10-14(15)11-9-13/h8-12,15H,3-7H2,1-2H3. The molecule has 1 rings (SSSR count). The number of phenols is 1. The van der Waals surface area contributed by atoms with Crippen molar-refractivity contribution in [1.29, 1.82) is 0 Å². The molecule has 1 nitrogen and oxygen atoms in total. The highest BCUT2D eigenvalue weighted by Gasteiger charge is 2.04. The fourth-order valence-corrected chi connectivity index (χ4v) is 1.85. The Morgan fingerprint density at radius 3 is 2.33 bits per heavy atom. The van der Waals surface area contributed by atoms with E-state index in [1.54, 1.807) is 12.1 Å². The molecule has 1 N–H and O–H groups in total. The number of aromatic hydroxyl groups is 1. The van der Waals surface area contributed by atoms with E-state index in [9.17, 15) is 5.11 Å². The first kappa shape index (κ1) is 12.1. The van der Waals surface area contributed by atoms with E-state index >= 15 is 0 Å². The maximum absolute atomic E-state index is 9.18. The Morgan fingerprint density at radius 1 is 1.07 bits per heavy atom. The predicted octanol–water partition coefficient (Wildman–Crippen LogP) is 4.47. The van der Waals surface area contributed by atoms with E-state index in [0.29, 0.717) is 11.7 Å². The summed E-state index contributed by atoms with van der Waals surface area (Å²) in [5, 5.41) is 9.18. The van der Waals surface area contributed by atoms with Crippen molar-refractivity contribution in [3.05, 3.63) is 29.8 Å². The topological polar surface area (TPSA) is 20.2 Å². The van der Waals surface area contributed by atoms with Gasteiger partial charge in [0.25, 0.3) is 0 Å². The third kappa shape index (κ3) is 4.37. The summed E-state index contributed by atoms with van der Waals surface area (Å²) >= 11 is 0. The molecule has 0 radical (unpaired) electrons. The molecule has 1 aromatic carbocycles. The summed E-state index contributed by atoms with van der Waals surface area (Å²) in [5.74, 6) is 0.972. The minimum Gasteiger partial charge on any atom is -0.508 e. The number of rotatable bonds is 6. The second-order valence-electron chi connectivity index (χ2n) is 4.34. The first-order valence-electron chi connectivity index (χ1n) is 6.03. The number of hydrogen-bond donors (Lipinski definition) is 1. The van der Waals surface area contributed by atoms with Crippen LogP contribution in [-0.2, 0) is 0 Å². The van der Waals surface area contributed by atoms with Crippen molar-refractivity contribution in [2.24, 2.45) is 0 Å². The van der Waals surface area contributed by atoms with Crippen molar-refractivity contribution in [1.82, 2.24) is 0 Å². The molecular formula is C14H22O. The molecule has 0 amide bonds. The molecule has 0 saturated heterocycles. The molecule has 15 heavy (non-hydrogen) atoms. The van der Waals surface area contributed by atoms with E-state index in [0.717, 1.165) is 0 Å². The quantitative estimate of drug-likeness (QED) is 0.681. The van der Waals surface area contributed by atoms with Gasteiger partial charge in [-0.05, 0) is 30.0 Å². The Bertz CT molecular complexity index is 263. The highest BCUT2D eigenvalue weighted by molar-refractivity contribution is 5.27. The van der Waals surface area contributed by atoms with Gasteiger partial charge in [0.2, 0.25) is 0 Å². The molecular weight excluding hydrogens is 184 g/mol. The summed E-state index contributed by atoms with van der Waals surface area (Å²) in [7, 11) is 0. The maximum atomic E-state index is 9.18. The van der Waals surface area contributed by atoms with E-state index in [1.807, 2.05) is 12.1 Å². The van der Waals surface area contributed by atoms with Gasteiger partial charge in [0.1, 0.15) is 5.75 Å². The molecule has 0 fully saturated rings. The Kier molecular flexibility index (Phi) is 5.23. The molecule has 1 atom stereocenters. The van der Waals surface area contributed by atoms with Crippen molar-refractivity contribution in [3.8, 4) is 5.75 Å². The van der Waals surface area contributed by atoms with Gasteiger partial charge in [0.15, 0.2) is 0 Å². The van der Waals surface area contributed by atoms with Crippen LogP contribution >= 0.6 is 0 Å². The Morgan fingerprint density at radius 2 is 1.73 bits per heavy atom. The second kappa shape index (κ2) is 6.49. The van der Waals surface area contributed by atoms with Crippen LogP contribution in [0.3, 0.4) is 0 Å². The lowest BCUT2D eigenvalue weighted by Gasteiger charge is -2.11. The van der Waals surface area contributed by atoms with Gasteiger partial charge in [-0.3, -0.25) is 0 Å². The summed E-state index contributed by atoms with van der Waals surface area (Å²) < 4.78 is 0. The summed E-state index contributed by atoms with van der Waals surface area (Å²) in [5.41, 5.74) is 1.34. The van der Waals surface area contributed by atoms with E-state index in [1.165, 1.54) is 37.7 Å². The SMILES string of the molecule is CCCCCCC(C)c1ccc(O)cc1. The van der Waals surface area contributed by atoms with Gasteiger partial charge in [-0.2, -0.15) is 0 Å². The van der Waals surface area contributed by atoms with Crippen LogP contribution < -0.4 is 0 Å². The van der Waals surface area contributed by atoms with Crippen LogP contribution in [0.5, 0.6) is 5.75 Å². The van der Waals surface area contributed by atoms with Crippen molar-refractivity contribution >= 4 is 0 Å². The van der Waals surface area contributed by atoms with Crippen LogP contribution in [0.15, 0.2) is 24.3 Å². The van der Waals surface area contributed by atoms with Crippen LogP contribution in [0, 0.1) is 0 Å². The number of benzene rings is 1. The van der Waals surface area contributed by atoms with Gasteiger partial charge in [0, 0.05) is 0 Å². The predicted molar refractivity (Wildman–Crippen MR) is 65.3 cm³/mol. The zero-order valence-electron chi connectivity index (χ0n) is 9.87. The first-order valence-corrected chi connectivity index (χ1v) is 6.03. The van der Waals surface area contributed by atoms with Crippen LogP contribution in [0.1, 0.15) is 57.4 Å². The lowest BCUT2D eigenvalue weighted by atomic mass is 9.95. The van der Waals surface area contributed by atoms with E-state index in [-0.39, 0.29) is 0 Å². The minimum atomic E-state index is 0.358. The Balaban J connectivity index is 2.33. The summed E-state index contributed by atoms with van der Waals surface area (Å²) in [6.45, 7) is 4.50. The normalized spacial score (nSPS) is 12.7. The van der Waals surface area contributed by atoms with Gasteiger partial charge >= 0.3 is 0 Å². The molecule has 1 aromatic rings. The fourth-order valence-electron chi connectivity index (χ4n) is 1.85. The third-order valence-corrected chi connectivity index (χ3v) is 2.95. The molecule has 84 valence electrons. The Hall–Kier alpha value is -0.980. The molecule has 0 heterocycles. The average molecular weight is 206 g/mol. The second-order valence-corrected chi connectivity index (χ2v) is 4.34. The number of hydrogen-bond acceptors (Lipinski definition) is 1.